The van der Waals surface area contributed by atoms with Crippen molar-refractivity contribution in [1.29, 1.82) is 0 Å². The normalized spacial score (nSPS) is 10.3. The Kier molecular flexibility index (Phi) is 6.27. The van der Waals surface area contributed by atoms with Gasteiger partial charge in [-0.2, -0.15) is 8.78 Å². The van der Waals surface area contributed by atoms with Crippen molar-refractivity contribution in [3.63, 3.8) is 0 Å². The Balaban J connectivity index is 2.68. The highest BCUT2D eigenvalue weighted by molar-refractivity contribution is 7.99. The van der Waals surface area contributed by atoms with Crippen molar-refractivity contribution in [1.82, 2.24) is 5.32 Å². The molecule has 1 aromatic carbocycles. The molecule has 1 rings (SSSR count). The number of alkyl halides is 2. The maximum absolute atomic E-state index is 12.3. The Morgan fingerprint density at radius 1 is 1.37 bits per heavy atom. The van der Waals surface area contributed by atoms with Crippen LogP contribution >= 0.6 is 11.8 Å². The number of hydrogen-bond donors (Lipinski definition) is 1. The number of amides is 1. The highest BCUT2D eigenvalue weighted by Gasteiger charge is 2.15. The Bertz CT molecular complexity index is 454. The molecule has 1 N–H and O–H groups in total. The summed E-state index contributed by atoms with van der Waals surface area (Å²) in [5.74, 6) is -3.77. The lowest BCUT2D eigenvalue weighted by atomic mass is 10.2. The summed E-state index contributed by atoms with van der Waals surface area (Å²) in [6.45, 7) is 1.57. The van der Waals surface area contributed by atoms with Crippen LogP contribution in [0.3, 0.4) is 0 Å². The van der Waals surface area contributed by atoms with Gasteiger partial charge in [0.05, 0.1) is 12.2 Å². The lowest BCUT2D eigenvalue weighted by Crippen LogP contribution is -2.30. The average Bonchev–Trinajstić information content (AvgIpc) is 2.36. The van der Waals surface area contributed by atoms with Gasteiger partial charge in [0.1, 0.15) is 6.54 Å². The van der Waals surface area contributed by atoms with Crippen LogP contribution in [0.15, 0.2) is 29.2 Å². The van der Waals surface area contributed by atoms with Crippen LogP contribution in [0, 0.1) is 0 Å². The van der Waals surface area contributed by atoms with E-state index >= 15 is 0 Å². The molecule has 1 aromatic rings. The second-order valence-electron chi connectivity index (χ2n) is 3.36. The predicted octanol–water partition coefficient (Wildman–Crippen LogP) is 2.29. The molecule has 0 radical (unpaired) electrons. The third kappa shape index (κ3) is 5.25. The molecular weight excluding hydrogens is 276 g/mol. The standard InChI is InChI=1S/C12H13F2NO3S/c1-2-18-10(16)7-15-11(17)8-5-3-4-6-9(8)19-12(13)14/h3-6,12H,2,7H2,1H3,(H,15,17). The summed E-state index contributed by atoms with van der Waals surface area (Å²) in [4.78, 5) is 23.0. The molecule has 0 aliphatic carbocycles. The zero-order valence-electron chi connectivity index (χ0n) is 10.2. The molecule has 4 nitrogen and oxygen atoms in total. The van der Waals surface area contributed by atoms with E-state index in [-0.39, 0.29) is 35.4 Å². The number of halogens is 2. The van der Waals surface area contributed by atoms with E-state index in [9.17, 15) is 18.4 Å². The molecule has 0 unspecified atom stereocenters. The van der Waals surface area contributed by atoms with Gasteiger partial charge >= 0.3 is 5.97 Å². The number of benzene rings is 1. The Hall–Kier alpha value is -1.63. The SMILES string of the molecule is CCOC(=O)CNC(=O)c1ccccc1SC(F)F. The van der Waals surface area contributed by atoms with Crippen LogP contribution in [-0.4, -0.2) is 30.8 Å². The summed E-state index contributed by atoms with van der Waals surface area (Å²) in [5.41, 5.74) is 0.108. The topological polar surface area (TPSA) is 55.4 Å². The van der Waals surface area contributed by atoms with E-state index in [2.05, 4.69) is 10.1 Å². The van der Waals surface area contributed by atoms with Crippen molar-refractivity contribution < 1.29 is 23.1 Å². The minimum absolute atomic E-state index is 0.108. The van der Waals surface area contributed by atoms with E-state index in [1.54, 1.807) is 19.1 Å². The van der Waals surface area contributed by atoms with Crippen molar-refractivity contribution in [3.05, 3.63) is 29.8 Å². The summed E-state index contributed by atoms with van der Waals surface area (Å²) in [7, 11) is 0. The minimum atomic E-state index is -2.61. The molecule has 0 saturated heterocycles. The average molecular weight is 289 g/mol. The first kappa shape index (κ1) is 15.4. The summed E-state index contributed by atoms with van der Waals surface area (Å²) in [6, 6.07) is 5.98. The minimum Gasteiger partial charge on any atom is -0.465 e. The number of nitrogens with one attached hydrogen (secondary N) is 1. The summed E-state index contributed by atoms with van der Waals surface area (Å²) >= 11 is 0.288. The van der Waals surface area contributed by atoms with Crippen LogP contribution < -0.4 is 5.32 Å². The Morgan fingerprint density at radius 2 is 2.05 bits per heavy atom. The van der Waals surface area contributed by atoms with Crippen LogP contribution in [0.5, 0.6) is 0 Å². The first-order valence-corrected chi connectivity index (χ1v) is 6.40. The van der Waals surface area contributed by atoms with Gasteiger partial charge in [-0.3, -0.25) is 9.59 Å². The number of rotatable bonds is 6. The van der Waals surface area contributed by atoms with Gasteiger partial charge < -0.3 is 10.1 Å². The number of ether oxygens (including phenoxy) is 1. The van der Waals surface area contributed by atoms with Crippen LogP contribution in [0.2, 0.25) is 0 Å². The first-order valence-electron chi connectivity index (χ1n) is 5.52. The van der Waals surface area contributed by atoms with E-state index in [0.29, 0.717) is 0 Å². The largest absolute Gasteiger partial charge is 0.465 e. The lowest BCUT2D eigenvalue weighted by Gasteiger charge is -2.09. The maximum atomic E-state index is 12.3. The van der Waals surface area contributed by atoms with Crippen molar-refractivity contribution in [2.45, 2.75) is 17.6 Å². The summed E-state index contributed by atoms with van der Waals surface area (Å²) in [6.07, 6.45) is 0. The molecule has 0 heterocycles. The highest BCUT2D eigenvalue weighted by Crippen LogP contribution is 2.28. The second-order valence-corrected chi connectivity index (χ2v) is 4.39. The van der Waals surface area contributed by atoms with Gasteiger partial charge in [-0.15, -0.1) is 0 Å². The summed E-state index contributed by atoms with van der Waals surface area (Å²) in [5, 5.41) is 2.33. The Morgan fingerprint density at radius 3 is 2.68 bits per heavy atom. The molecule has 7 heteroatoms. The van der Waals surface area contributed by atoms with Crippen molar-refractivity contribution in [2.24, 2.45) is 0 Å². The number of esters is 1. The monoisotopic (exact) mass is 289 g/mol. The third-order valence-electron chi connectivity index (χ3n) is 2.05. The molecule has 0 bridgehead atoms. The van der Waals surface area contributed by atoms with Crippen LogP contribution in [0.1, 0.15) is 17.3 Å². The van der Waals surface area contributed by atoms with Gasteiger partial charge in [-0.25, -0.2) is 0 Å². The van der Waals surface area contributed by atoms with Crippen LogP contribution in [0.25, 0.3) is 0 Å². The van der Waals surface area contributed by atoms with E-state index in [0.717, 1.165) is 0 Å². The van der Waals surface area contributed by atoms with Crippen LogP contribution in [-0.2, 0) is 9.53 Å². The van der Waals surface area contributed by atoms with Gasteiger partial charge in [-0.05, 0) is 19.1 Å². The fourth-order valence-corrected chi connectivity index (χ4v) is 1.95. The molecule has 1 amide bonds. The molecule has 0 aliphatic rings. The second kappa shape index (κ2) is 7.73. The highest BCUT2D eigenvalue weighted by atomic mass is 32.2. The number of carbonyl (C=O) groups excluding carboxylic acids is 2. The predicted molar refractivity (Wildman–Crippen MR) is 67.3 cm³/mol. The van der Waals surface area contributed by atoms with Gasteiger partial charge in [0, 0.05) is 4.90 Å². The van der Waals surface area contributed by atoms with Crippen LogP contribution in [0.4, 0.5) is 8.78 Å². The smallest absolute Gasteiger partial charge is 0.325 e. The number of carbonyl (C=O) groups is 2. The van der Waals surface area contributed by atoms with Gasteiger partial charge in [-0.1, -0.05) is 23.9 Å². The maximum Gasteiger partial charge on any atom is 0.325 e. The molecular formula is C12H13F2NO3S. The number of hydrogen-bond acceptors (Lipinski definition) is 4. The fourth-order valence-electron chi connectivity index (χ4n) is 1.31. The molecule has 0 atom stereocenters. The van der Waals surface area contributed by atoms with E-state index in [1.807, 2.05) is 0 Å². The molecule has 0 saturated carbocycles. The zero-order chi connectivity index (χ0) is 14.3. The van der Waals surface area contributed by atoms with Crippen molar-refractivity contribution >= 4 is 23.6 Å². The third-order valence-corrected chi connectivity index (χ3v) is 2.83. The summed E-state index contributed by atoms with van der Waals surface area (Å²) < 4.78 is 29.3. The molecule has 0 aromatic heterocycles. The lowest BCUT2D eigenvalue weighted by molar-refractivity contribution is -0.141. The van der Waals surface area contributed by atoms with Crippen molar-refractivity contribution in [2.75, 3.05) is 13.2 Å². The van der Waals surface area contributed by atoms with Gasteiger partial charge in [0.25, 0.3) is 11.7 Å². The fraction of sp³-hybridized carbons (Fsp3) is 0.333. The zero-order valence-corrected chi connectivity index (χ0v) is 11.0. The molecule has 0 aliphatic heterocycles. The number of thioether (sulfide) groups is 1. The van der Waals surface area contributed by atoms with Crippen molar-refractivity contribution in [3.8, 4) is 0 Å². The van der Waals surface area contributed by atoms with E-state index in [4.69, 9.17) is 0 Å². The van der Waals surface area contributed by atoms with Gasteiger partial charge in [0.15, 0.2) is 0 Å². The van der Waals surface area contributed by atoms with E-state index in [1.165, 1.54) is 12.1 Å². The molecule has 19 heavy (non-hydrogen) atoms. The quantitative estimate of drug-likeness (QED) is 0.645. The molecule has 0 fully saturated rings. The molecule has 0 spiro atoms. The van der Waals surface area contributed by atoms with Gasteiger partial charge in [0.2, 0.25) is 0 Å². The molecule has 104 valence electrons. The first-order chi connectivity index (χ1) is 9.04. The Labute approximate surface area is 113 Å². The van der Waals surface area contributed by atoms with E-state index < -0.39 is 17.6 Å².